The smallest absolute Gasteiger partial charge is 0.406 e. The fourth-order valence-electron chi connectivity index (χ4n) is 1.74. The van der Waals surface area contributed by atoms with E-state index in [1.807, 2.05) is 0 Å². The largest absolute Gasteiger partial charge is 0.573 e. The van der Waals surface area contributed by atoms with Crippen molar-refractivity contribution < 1.29 is 27.2 Å². The van der Waals surface area contributed by atoms with E-state index in [1.54, 1.807) is 13.8 Å². The number of nitrogens with zero attached hydrogens (tertiary/aromatic N) is 1. The van der Waals surface area contributed by atoms with Crippen LogP contribution in [0.5, 0.6) is 5.75 Å². The van der Waals surface area contributed by atoms with Crippen LogP contribution in [0.1, 0.15) is 21.8 Å². The van der Waals surface area contributed by atoms with Crippen molar-refractivity contribution >= 4 is 11.6 Å². The third-order valence-corrected chi connectivity index (χ3v) is 2.61. The van der Waals surface area contributed by atoms with Crippen molar-refractivity contribution in [3.05, 3.63) is 41.3 Å². The van der Waals surface area contributed by atoms with Gasteiger partial charge in [-0.15, -0.1) is 13.2 Å². The molecule has 2 aromatic rings. The Bertz CT molecular complexity index is 628. The molecule has 2 rings (SSSR count). The lowest BCUT2D eigenvalue weighted by molar-refractivity contribution is -0.274. The van der Waals surface area contributed by atoms with Gasteiger partial charge in [-0.05, 0) is 38.1 Å². The van der Waals surface area contributed by atoms with Crippen molar-refractivity contribution in [2.24, 2.45) is 0 Å². The average molecular weight is 300 g/mol. The number of carbonyl (C=O) groups is 1. The van der Waals surface area contributed by atoms with Gasteiger partial charge in [0.25, 0.3) is 5.91 Å². The van der Waals surface area contributed by atoms with Gasteiger partial charge in [0.2, 0.25) is 0 Å². The van der Waals surface area contributed by atoms with E-state index in [0.717, 1.165) is 12.1 Å². The minimum Gasteiger partial charge on any atom is -0.406 e. The summed E-state index contributed by atoms with van der Waals surface area (Å²) in [5.41, 5.74) is 1.06. The molecule has 1 N–H and O–H groups in total. The van der Waals surface area contributed by atoms with E-state index in [2.05, 4.69) is 15.2 Å². The molecule has 21 heavy (non-hydrogen) atoms. The van der Waals surface area contributed by atoms with Crippen LogP contribution < -0.4 is 10.1 Å². The molecule has 0 aliphatic heterocycles. The quantitative estimate of drug-likeness (QED) is 0.943. The molecule has 5 nitrogen and oxygen atoms in total. The number of hydrogen-bond donors (Lipinski definition) is 1. The summed E-state index contributed by atoms with van der Waals surface area (Å²) in [7, 11) is 0. The normalized spacial score (nSPS) is 11.3. The van der Waals surface area contributed by atoms with E-state index < -0.39 is 12.3 Å². The fourth-order valence-corrected chi connectivity index (χ4v) is 1.74. The van der Waals surface area contributed by atoms with Crippen molar-refractivity contribution in [2.45, 2.75) is 20.2 Å². The number of nitrogens with one attached hydrogen (secondary N) is 1. The lowest BCUT2D eigenvalue weighted by Crippen LogP contribution is -2.17. The van der Waals surface area contributed by atoms with Gasteiger partial charge in [-0.2, -0.15) is 0 Å². The molecule has 1 heterocycles. The van der Waals surface area contributed by atoms with Crippen LogP contribution in [0.15, 0.2) is 28.8 Å². The molecule has 0 atom stereocenters. The lowest BCUT2D eigenvalue weighted by atomic mass is 10.2. The zero-order valence-electron chi connectivity index (χ0n) is 11.1. The van der Waals surface area contributed by atoms with Crippen LogP contribution in [-0.2, 0) is 0 Å². The molecular formula is C13H11F3N2O3. The van der Waals surface area contributed by atoms with Gasteiger partial charge in [0, 0.05) is 5.69 Å². The molecule has 0 aliphatic carbocycles. The summed E-state index contributed by atoms with van der Waals surface area (Å²) in [5.74, 6) is -0.449. The number of alkyl halides is 3. The monoisotopic (exact) mass is 300 g/mol. The molecule has 0 unspecified atom stereocenters. The van der Waals surface area contributed by atoms with Crippen LogP contribution in [0.3, 0.4) is 0 Å². The highest BCUT2D eigenvalue weighted by atomic mass is 19.4. The van der Waals surface area contributed by atoms with E-state index in [-0.39, 0.29) is 5.75 Å². The standard InChI is InChI=1S/C13H11F3N2O3/c1-7-11(8(2)21-18-7)12(19)17-9-3-5-10(6-4-9)20-13(14,15)16/h3-6H,1-2H3,(H,17,19). The summed E-state index contributed by atoms with van der Waals surface area (Å²) >= 11 is 0. The Labute approximate surface area is 117 Å². The maximum Gasteiger partial charge on any atom is 0.573 e. The van der Waals surface area contributed by atoms with Gasteiger partial charge in [0.05, 0.1) is 5.69 Å². The van der Waals surface area contributed by atoms with Gasteiger partial charge >= 0.3 is 6.36 Å². The number of amides is 1. The predicted octanol–water partition coefficient (Wildman–Crippen LogP) is 3.44. The Morgan fingerprint density at radius 1 is 1.24 bits per heavy atom. The van der Waals surface area contributed by atoms with Gasteiger partial charge in [0.1, 0.15) is 17.1 Å². The number of benzene rings is 1. The number of anilines is 1. The second kappa shape index (κ2) is 5.47. The Hall–Kier alpha value is -2.51. The number of aromatic nitrogens is 1. The second-order valence-corrected chi connectivity index (χ2v) is 4.23. The third-order valence-electron chi connectivity index (χ3n) is 2.61. The van der Waals surface area contributed by atoms with Crippen molar-refractivity contribution in [1.29, 1.82) is 0 Å². The molecule has 0 saturated carbocycles. The van der Waals surface area contributed by atoms with Crippen LogP contribution in [0.4, 0.5) is 18.9 Å². The topological polar surface area (TPSA) is 64.4 Å². The van der Waals surface area contributed by atoms with Crippen molar-refractivity contribution in [3.8, 4) is 5.75 Å². The Kier molecular flexibility index (Phi) is 3.88. The van der Waals surface area contributed by atoms with Crippen LogP contribution in [0.2, 0.25) is 0 Å². The highest BCUT2D eigenvalue weighted by Crippen LogP contribution is 2.24. The third kappa shape index (κ3) is 3.74. The molecule has 0 radical (unpaired) electrons. The Balaban J connectivity index is 2.09. The van der Waals surface area contributed by atoms with Gasteiger partial charge in [-0.25, -0.2) is 0 Å². The highest BCUT2D eigenvalue weighted by Gasteiger charge is 2.31. The Morgan fingerprint density at radius 2 is 1.86 bits per heavy atom. The van der Waals surface area contributed by atoms with Crippen LogP contribution in [0.25, 0.3) is 0 Å². The minimum atomic E-state index is -4.75. The van der Waals surface area contributed by atoms with Crippen LogP contribution in [-0.4, -0.2) is 17.4 Å². The fraction of sp³-hybridized carbons (Fsp3) is 0.231. The van der Waals surface area contributed by atoms with E-state index in [0.29, 0.717) is 22.7 Å². The maximum atomic E-state index is 12.0. The first-order valence-corrected chi connectivity index (χ1v) is 5.86. The first-order chi connectivity index (χ1) is 9.76. The zero-order chi connectivity index (χ0) is 15.6. The van der Waals surface area contributed by atoms with Gasteiger partial charge in [-0.3, -0.25) is 4.79 Å². The van der Waals surface area contributed by atoms with E-state index in [1.165, 1.54) is 12.1 Å². The summed E-state index contributed by atoms with van der Waals surface area (Å²) in [6, 6.07) is 4.82. The predicted molar refractivity (Wildman–Crippen MR) is 67.1 cm³/mol. The van der Waals surface area contributed by atoms with Gasteiger partial charge < -0.3 is 14.6 Å². The van der Waals surface area contributed by atoms with Crippen molar-refractivity contribution in [3.63, 3.8) is 0 Å². The lowest BCUT2D eigenvalue weighted by Gasteiger charge is -2.09. The molecular weight excluding hydrogens is 289 g/mol. The van der Waals surface area contributed by atoms with Gasteiger partial charge in [0.15, 0.2) is 0 Å². The summed E-state index contributed by atoms with van der Waals surface area (Å²) in [5, 5.41) is 6.19. The number of halogens is 3. The second-order valence-electron chi connectivity index (χ2n) is 4.23. The van der Waals surface area contributed by atoms with E-state index >= 15 is 0 Å². The zero-order valence-corrected chi connectivity index (χ0v) is 11.1. The molecule has 112 valence electrons. The first-order valence-electron chi connectivity index (χ1n) is 5.86. The molecule has 0 aliphatic rings. The maximum absolute atomic E-state index is 12.0. The number of rotatable bonds is 3. The molecule has 1 amide bonds. The summed E-state index contributed by atoms with van der Waals surface area (Å²) < 4.78 is 44.7. The molecule has 1 aromatic carbocycles. The molecule has 0 saturated heterocycles. The van der Waals surface area contributed by atoms with E-state index in [9.17, 15) is 18.0 Å². The van der Waals surface area contributed by atoms with Crippen molar-refractivity contribution in [2.75, 3.05) is 5.32 Å². The SMILES string of the molecule is Cc1noc(C)c1C(=O)Nc1ccc(OC(F)(F)F)cc1. The number of aryl methyl sites for hydroxylation is 2. The molecule has 0 fully saturated rings. The summed E-state index contributed by atoms with van der Waals surface area (Å²) in [6.07, 6.45) is -4.75. The van der Waals surface area contributed by atoms with Crippen molar-refractivity contribution in [1.82, 2.24) is 5.16 Å². The van der Waals surface area contributed by atoms with E-state index in [4.69, 9.17) is 4.52 Å². The molecule has 0 spiro atoms. The summed E-state index contributed by atoms with van der Waals surface area (Å²) in [6.45, 7) is 3.21. The minimum absolute atomic E-state index is 0.297. The molecule has 0 bridgehead atoms. The number of ether oxygens (including phenoxy) is 1. The number of carbonyl (C=O) groups excluding carboxylic acids is 1. The van der Waals surface area contributed by atoms with Crippen LogP contribution in [0, 0.1) is 13.8 Å². The van der Waals surface area contributed by atoms with Crippen LogP contribution >= 0.6 is 0 Å². The van der Waals surface area contributed by atoms with Gasteiger partial charge in [-0.1, -0.05) is 5.16 Å². The Morgan fingerprint density at radius 3 is 2.33 bits per heavy atom. The number of hydrogen-bond acceptors (Lipinski definition) is 4. The highest BCUT2D eigenvalue weighted by molar-refractivity contribution is 6.05. The average Bonchev–Trinajstić information content (AvgIpc) is 2.70. The summed E-state index contributed by atoms with van der Waals surface area (Å²) in [4.78, 5) is 12.0. The first kappa shape index (κ1) is 14.9. The molecule has 8 heteroatoms. The molecule has 1 aromatic heterocycles.